The van der Waals surface area contributed by atoms with E-state index in [4.69, 9.17) is 9.73 Å². The first kappa shape index (κ1) is 16.3. The van der Waals surface area contributed by atoms with E-state index < -0.39 is 0 Å². The summed E-state index contributed by atoms with van der Waals surface area (Å²) in [5.41, 5.74) is 4.80. The minimum atomic E-state index is 0.460. The number of methoxy groups -OCH3 is 1. The van der Waals surface area contributed by atoms with Crippen molar-refractivity contribution in [1.82, 2.24) is 0 Å². The summed E-state index contributed by atoms with van der Waals surface area (Å²) in [6.45, 7) is 8.86. The zero-order chi connectivity index (χ0) is 16.1. The van der Waals surface area contributed by atoms with Crippen LogP contribution < -0.4 is 4.74 Å². The van der Waals surface area contributed by atoms with Crippen molar-refractivity contribution in [2.24, 2.45) is 4.99 Å². The molecule has 116 valence electrons. The molecule has 0 aliphatic heterocycles. The topological polar surface area (TPSA) is 21.6 Å². The van der Waals surface area contributed by atoms with Gasteiger partial charge in [-0.05, 0) is 52.8 Å². The number of ether oxygens (including phenoxy) is 1. The molecule has 22 heavy (non-hydrogen) atoms. The highest BCUT2D eigenvalue weighted by molar-refractivity contribution is 5.83. The van der Waals surface area contributed by atoms with Gasteiger partial charge >= 0.3 is 0 Å². The van der Waals surface area contributed by atoms with Gasteiger partial charge in [-0.1, -0.05) is 45.9 Å². The summed E-state index contributed by atoms with van der Waals surface area (Å²) in [6.07, 6.45) is 1.94. The summed E-state index contributed by atoms with van der Waals surface area (Å²) in [5.74, 6) is 1.78. The second-order valence-electron chi connectivity index (χ2n) is 6.13. The average molecular weight is 295 g/mol. The third-order valence-corrected chi connectivity index (χ3v) is 3.80. The van der Waals surface area contributed by atoms with Crippen LogP contribution in [0.15, 0.2) is 47.5 Å². The molecule has 0 aliphatic carbocycles. The molecule has 0 saturated heterocycles. The van der Waals surface area contributed by atoms with E-state index in [1.807, 2.05) is 30.5 Å². The van der Waals surface area contributed by atoms with Crippen molar-refractivity contribution in [3.8, 4) is 5.75 Å². The van der Waals surface area contributed by atoms with Gasteiger partial charge in [0.15, 0.2) is 0 Å². The molecule has 2 nitrogen and oxygen atoms in total. The van der Waals surface area contributed by atoms with E-state index in [0.717, 1.165) is 17.0 Å². The van der Waals surface area contributed by atoms with Crippen LogP contribution in [0.5, 0.6) is 5.75 Å². The Kier molecular flexibility index (Phi) is 5.37. The van der Waals surface area contributed by atoms with E-state index in [1.54, 1.807) is 7.11 Å². The van der Waals surface area contributed by atoms with E-state index in [9.17, 15) is 0 Å². The molecule has 2 aromatic rings. The van der Waals surface area contributed by atoms with Crippen LogP contribution in [0, 0.1) is 0 Å². The SMILES string of the molecule is COc1ccc(C=Nc2c(C(C)C)cccc2C(C)C)cc1. The molecule has 0 unspecified atom stereocenters. The van der Waals surface area contributed by atoms with Crippen molar-refractivity contribution in [1.29, 1.82) is 0 Å². The molecule has 0 aliphatic rings. The lowest BCUT2D eigenvalue weighted by Crippen LogP contribution is -1.95. The molecule has 0 N–H and O–H groups in total. The van der Waals surface area contributed by atoms with Crippen molar-refractivity contribution in [3.63, 3.8) is 0 Å². The van der Waals surface area contributed by atoms with E-state index >= 15 is 0 Å². The molecule has 0 bridgehead atoms. The maximum Gasteiger partial charge on any atom is 0.118 e. The van der Waals surface area contributed by atoms with Crippen LogP contribution >= 0.6 is 0 Å². The Balaban J connectivity index is 2.39. The van der Waals surface area contributed by atoms with Gasteiger partial charge in [0, 0.05) is 6.21 Å². The molecule has 0 heterocycles. The zero-order valence-electron chi connectivity index (χ0n) is 14.1. The maximum atomic E-state index is 5.19. The predicted molar refractivity (Wildman–Crippen MR) is 94.9 cm³/mol. The van der Waals surface area contributed by atoms with Crippen molar-refractivity contribution < 1.29 is 4.74 Å². The summed E-state index contributed by atoms with van der Waals surface area (Å²) in [5, 5.41) is 0. The minimum Gasteiger partial charge on any atom is -0.497 e. The fourth-order valence-corrected chi connectivity index (χ4v) is 2.49. The highest BCUT2D eigenvalue weighted by atomic mass is 16.5. The highest BCUT2D eigenvalue weighted by Gasteiger charge is 2.12. The van der Waals surface area contributed by atoms with Crippen molar-refractivity contribution in [2.75, 3.05) is 7.11 Å². The summed E-state index contributed by atoms with van der Waals surface area (Å²) < 4.78 is 5.19. The number of aliphatic imine (C=N–C) groups is 1. The van der Waals surface area contributed by atoms with Crippen LogP contribution in [-0.4, -0.2) is 13.3 Å². The molecule has 0 saturated carbocycles. The molecule has 2 rings (SSSR count). The van der Waals surface area contributed by atoms with Gasteiger partial charge in [-0.25, -0.2) is 0 Å². The number of para-hydroxylation sites is 1. The van der Waals surface area contributed by atoms with Gasteiger partial charge in [0.2, 0.25) is 0 Å². The van der Waals surface area contributed by atoms with Crippen molar-refractivity contribution in [3.05, 3.63) is 59.2 Å². The number of rotatable bonds is 5. The predicted octanol–water partition coefficient (Wildman–Crippen LogP) is 5.69. The molecule has 0 radical (unpaired) electrons. The molecule has 0 fully saturated rings. The first-order chi connectivity index (χ1) is 10.5. The van der Waals surface area contributed by atoms with E-state index in [0.29, 0.717) is 11.8 Å². The number of hydrogen-bond donors (Lipinski definition) is 0. The number of benzene rings is 2. The fourth-order valence-electron chi connectivity index (χ4n) is 2.49. The largest absolute Gasteiger partial charge is 0.497 e. The maximum absolute atomic E-state index is 5.19. The molecular weight excluding hydrogens is 270 g/mol. The van der Waals surface area contributed by atoms with Crippen molar-refractivity contribution in [2.45, 2.75) is 39.5 Å². The van der Waals surface area contributed by atoms with Gasteiger partial charge in [-0.3, -0.25) is 4.99 Å². The van der Waals surface area contributed by atoms with Gasteiger partial charge in [0.25, 0.3) is 0 Å². The van der Waals surface area contributed by atoms with Gasteiger partial charge in [-0.2, -0.15) is 0 Å². The zero-order valence-corrected chi connectivity index (χ0v) is 14.1. The third-order valence-electron chi connectivity index (χ3n) is 3.80. The Bertz CT molecular complexity index is 613. The first-order valence-corrected chi connectivity index (χ1v) is 7.83. The summed E-state index contributed by atoms with van der Waals surface area (Å²) >= 11 is 0. The average Bonchev–Trinajstić information content (AvgIpc) is 2.52. The van der Waals surface area contributed by atoms with Gasteiger partial charge in [-0.15, -0.1) is 0 Å². The number of hydrogen-bond acceptors (Lipinski definition) is 2. The Morgan fingerprint density at radius 1 is 0.864 bits per heavy atom. The summed E-state index contributed by atoms with van der Waals surface area (Å²) in [4.78, 5) is 4.81. The van der Waals surface area contributed by atoms with Crippen LogP contribution in [0.1, 0.15) is 56.2 Å². The van der Waals surface area contributed by atoms with Crippen LogP contribution in [0.4, 0.5) is 5.69 Å². The molecule has 2 heteroatoms. The third kappa shape index (κ3) is 3.76. The lowest BCUT2D eigenvalue weighted by Gasteiger charge is -2.16. The number of nitrogens with zero attached hydrogens (tertiary/aromatic N) is 1. The Morgan fingerprint density at radius 2 is 1.41 bits per heavy atom. The lowest BCUT2D eigenvalue weighted by molar-refractivity contribution is 0.415. The highest BCUT2D eigenvalue weighted by Crippen LogP contribution is 2.34. The standard InChI is InChI=1S/C20H25NO/c1-14(2)18-7-6-8-19(15(3)4)20(18)21-13-16-9-11-17(22-5)12-10-16/h6-15H,1-5H3. The van der Waals surface area contributed by atoms with Gasteiger partial charge in [0.1, 0.15) is 5.75 Å². The summed E-state index contributed by atoms with van der Waals surface area (Å²) in [6, 6.07) is 14.5. The summed E-state index contributed by atoms with van der Waals surface area (Å²) in [7, 11) is 1.68. The second-order valence-corrected chi connectivity index (χ2v) is 6.13. The minimum absolute atomic E-state index is 0.460. The normalized spacial score (nSPS) is 11.6. The van der Waals surface area contributed by atoms with Crippen molar-refractivity contribution >= 4 is 11.9 Å². The van der Waals surface area contributed by atoms with Gasteiger partial charge < -0.3 is 4.74 Å². The molecule has 0 aromatic heterocycles. The molecule has 0 atom stereocenters. The van der Waals surface area contributed by atoms with E-state index in [1.165, 1.54) is 11.1 Å². The first-order valence-electron chi connectivity index (χ1n) is 7.83. The Morgan fingerprint density at radius 3 is 1.86 bits per heavy atom. The fraction of sp³-hybridized carbons (Fsp3) is 0.350. The Labute approximate surface area is 133 Å². The van der Waals surface area contributed by atoms with Crippen LogP contribution in [0.25, 0.3) is 0 Å². The quantitative estimate of drug-likeness (QED) is 0.649. The van der Waals surface area contributed by atoms with Crippen LogP contribution in [0.3, 0.4) is 0 Å². The second kappa shape index (κ2) is 7.26. The molecule has 0 spiro atoms. The van der Waals surface area contributed by atoms with Gasteiger partial charge in [0.05, 0.1) is 12.8 Å². The van der Waals surface area contributed by atoms with E-state index in [2.05, 4.69) is 45.9 Å². The molecule has 0 amide bonds. The van der Waals surface area contributed by atoms with Crippen LogP contribution in [0.2, 0.25) is 0 Å². The lowest BCUT2D eigenvalue weighted by atomic mass is 9.93. The Hall–Kier alpha value is -2.09. The molecule has 2 aromatic carbocycles. The molecular formula is C20H25NO. The smallest absolute Gasteiger partial charge is 0.118 e. The van der Waals surface area contributed by atoms with Crippen LogP contribution in [-0.2, 0) is 0 Å². The van der Waals surface area contributed by atoms with E-state index in [-0.39, 0.29) is 0 Å². The monoisotopic (exact) mass is 295 g/mol.